The summed E-state index contributed by atoms with van der Waals surface area (Å²) in [6.45, 7) is 6.66. The van der Waals surface area contributed by atoms with Gasteiger partial charge in [0.05, 0.1) is 5.39 Å². The Hall–Kier alpha value is -4.74. The molecule has 1 unspecified atom stereocenters. The van der Waals surface area contributed by atoms with E-state index in [-0.39, 0.29) is 30.2 Å². The van der Waals surface area contributed by atoms with Crippen molar-refractivity contribution in [3.05, 3.63) is 59.8 Å². The zero-order valence-corrected chi connectivity index (χ0v) is 19.6. The minimum atomic E-state index is -1.30. The van der Waals surface area contributed by atoms with Crippen LogP contribution in [0, 0.1) is 6.92 Å². The van der Waals surface area contributed by atoms with Gasteiger partial charge in [0.15, 0.2) is 5.65 Å². The van der Waals surface area contributed by atoms with E-state index in [4.69, 9.17) is 16.6 Å². The second-order valence-corrected chi connectivity index (χ2v) is 8.09. The smallest absolute Gasteiger partial charge is 0.326 e. The second-order valence-electron chi connectivity index (χ2n) is 8.09. The average molecular weight is 494 g/mol. The number of carbonyl (C=O) groups excluding carboxylic acids is 1. The monoisotopic (exact) mass is 493 g/mol. The fraction of sp³-hybridized carbons (Fsp3) is 0.250. The zero-order valence-electron chi connectivity index (χ0n) is 19.6. The van der Waals surface area contributed by atoms with E-state index >= 15 is 0 Å². The highest BCUT2D eigenvalue weighted by Gasteiger charge is 2.22. The van der Waals surface area contributed by atoms with Gasteiger partial charge in [-0.15, -0.1) is 6.58 Å². The molecule has 0 aliphatic heterocycles. The van der Waals surface area contributed by atoms with E-state index in [1.165, 1.54) is 0 Å². The summed E-state index contributed by atoms with van der Waals surface area (Å²) in [7, 11) is 0. The number of aryl methyl sites for hydroxylation is 1. The van der Waals surface area contributed by atoms with Crippen LogP contribution < -0.4 is 21.7 Å². The lowest BCUT2D eigenvalue weighted by molar-refractivity contribution is -0.140. The van der Waals surface area contributed by atoms with Crippen LogP contribution in [0.5, 0.6) is 0 Å². The normalized spacial score (nSPS) is 11.6. The number of pyridine rings is 1. The van der Waals surface area contributed by atoms with Crippen LogP contribution in [0.15, 0.2) is 43.1 Å². The third-order valence-electron chi connectivity index (χ3n) is 5.59. The van der Waals surface area contributed by atoms with Crippen molar-refractivity contribution in [1.82, 2.24) is 20.3 Å². The molecule has 0 spiro atoms. The number of hydrogen-bond acceptors (Lipinski definition) is 9. The van der Waals surface area contributed by atoms with Crippen molar-refractivity contribution in [2.45, 2.75) is 32.4 Å². The number of carboxylic acid groups (broad SMARTS) is 2. The number of carbonyl (C=O) groups is 3. The fourth-order valence-corrected chi connectivity index (χ4v) is 3.71. The van der Waals surface area contributed by atoms with Gasteiger partial charge in [-0.25, -0.2) is 9.78 Å². The van der Waals surface area contributed by atoms with Gasteiger partial charge in [0.1, 0.15) is 11.9 Å². The lowest BCUT2D eigenvalue weighted by Crippen LogP contribution is -2.41. The molecule has 2 heterocycles. The molecule has 36 heavy (non-hydrogen) atoms. The van der Waals surface area contributed by atoms with E-state index in [1.807, 2.05) is 11.8 Å². The average Bonchev–Trinajstić information content (AvgIpc) is 2.82. The number of nitrogen functional groups attached to an aromatic ring is 2. The van der Waals surface area contributed by atoms with Crippen LogP contribution in [0.2, 0.25) is 0 Å². The predicted molar refractivity (Wildman–Crippen MR) is 134 cm³/mol. The standard InChI is InChI=1S/C24H27N7O5/c1-3-10-31(12-15-11-27-21-19(13(15)2)20(25)29-24(26)30-21)16-6-4-14(5-7-16)22(34)28-17(23(35)36)8-9-18(32)33/h3-7,11,17H,1,8-10,12H2,2H3,(H,28,34)(H,32,33)(H,35,36)(H4,25,26,27,29,30). The number of nitrogens with zero attached hydrogens (tertiary/aromatic N) is 4. The largest absolute Gasteiger partial charge is 0.481 e. The molecular formula is C24H27N7O5. The van der Waals surface area contributed by atoms with Crippen LogP contribution in [-0.4, -0.2) is 55.6 Å². The van der Waals surface area contributed by atoms with Gasteiger partial charge in [-0.3, -0.25) is 9.59 Å². The van der Waals surface area contributed by atoms with Crippen LogP contribution in [0.25, 0.3) is 11.0 Å². The zero-order chi connectivity index (χ0) is 26.4. The maximum absolute atomic E-state index is 12.5. The number of hydrogen-bond donors (Lipinski definition) is 5. The van der Waals surface area contributed by atoms with Crippen molar-refractivity contribution in [2.75, 3.05) is 22.9 Å². The molecule has 1 amide bonds. The third-order valence-corrected chi connectivity index (χ3v) is 5.59. The highest BCUT2D eigenvalue weighted by Crippen LogP contribution is 2.26. The quantitative estimate of drug-likeness (QED) is 0.244. The highest BCUT2D eigenvalue weighted by atomic mass is 16.4. The maximum atomic E-state index is 12.5. The number of nitrogens with two attached hydrogens (primary N) is 2. The fourth-order valence-electron chi connectivity index (χ4n) is 3.71. The maximum Gasteiger partial charge on any atom is 0.326 e. The third kappa shape index (κ3) is 6.03. The lowest BCUT2D eigenvalue weighted by Gasteiger charge is -2.25. The van der Waals surface area contributed by atoms with Crippen molar-refractivity contribution in [3.63, 3.8) is 0 Å². The van der Waals surface area contributed by atoms with Crippen molar-refractivity contribution >= 4 is 46.3 Å². The Kier molecular flexibility index (Phi) is 8.00. The number of aromatic nitrogens is 3. The van der Waals surface area contributed by atoms with Gasteiger partial charge in [0.2, 0.25) is 5.95 Å². The molecule has 0 fully saturated rings. The molecule has 12 heteroatoms. The van der Waals surface area contributed by atoms with Gasteiger partial charge in [-0.05, 0) is 48.7 Å². The Balaban J connectivity index is 1.80. The Bertz CT molecular complexity index is 1310. The molecule has 3 rings (SSSR count). The number of anilines is 3. The van der Waals surface area contributed by atoms with E-state index in [0.29, 0.717) is 24.1 Å². The van der Waals surface area contributed by atoms with E-state index in [9.17, 15) is 19.5 Å². The molecule has 0 aliphatic rings. The van der Waals surface area contributed by atoms with E-state index in [0.717, 1.165) is 16.8 Å². The summed E-state index contributed by atoms with van der Waals surface area (Å²) in [5.74, 6) is -2.75. The van der Waals surface area contributed by atoms with Crippen molar-refractivity contribution in [2.24, 2.45) is 0 Å². The first kappa shape index (κ1) is 25.9. The van der Waals surface area contributed by atoms with E-state index in [1.54, 1.807) is 36.5 Å². The number of fused-ring (bicyclic) bond motifs is 1. The Morgan fingerprint density at radius 2 is 1.86 bits per heavy atom. The Labute approximate surface area is 206 Å². The first-order chi connectivity index (χ1) is 17.1. The molecule has 12 nitrogen and oxygen atoms in total. The minimum absolute atomic E-state index is 0.0496. The molecule has 0 saturated carbocycles. The molecule has 0 bridgehead atoms. The summed E-state index contributed by atoms with van der Waals surface area (Å²) in [4.78, 5) is 49.2. The molecule has 0 aliphatic carbocycles. The molecule has 0 saturated heterocycles. The molecule has 3 aromatic rings. The molecule has 188 valence electrons. The van der Waals surface area contributed by atoms with Gasteiger partial charge in [-0.1, -0.05) is 6.08 Å². The Morgan fingerprint density at radius 3 is 2.47 bits per heavy atom. The van der Waals surface area contributed by atoms with Crippen LogP contribution in [0.1, 0.15) is 34.3 Å². The van der Waals surface area contributed by atoms with Gasteiger partial charge < -0.3 is 31.9 Å². The van der Waals surface area contributed by atoms with Crippen LogP contribution >= 0.6 is 0 Å². The van der Waals surface area contributed by atoms with Gasteiger partial charge in [-0.2, -0.15) is 9.97 Å². The highest BCUT2D eigenvalue weighted by molar-refractivity contribution is 5.97. The minimum Gasteiger partial charge on any atom is -0.481 e. The SMILES string of the molecule is C=CCN(Cc1cnc2nc(N)nc(N)c2c1C)c1ccc(C(=O)NC(CCC(=O)O)C(=O)O)cc1. The molecule has 7 N–H and O–H groups in total. The van der Waals surface area contributed by atoms with Crippen molar-refractivity contribution in [3.8, 4) is 0 Å². The molecule has 0 radical (unpaired) electrons. The molecule has 1 atom stereocenters. The molecule has 2 aromatic heterocycles. The number of rotatable bonds is 11. The van der Waals surface area contributed by atoms with Crippen molar-refractivity contribution < 1.29 is 24.6 Å². The number of amides is 1. The summed E-state index contributed by atoms with van der Waals surface area (Å²) in [5.41, 5.74) is 14.9. The Morgan fingerprint density at radius 1 is 1.17 bits per heavy atom. The predicted octanol–water partition coefficient (Wildman–Crippen LogP) is 1.74. The summed E-state index contributed by atoms with van der Waals surface area (Å²) < 4.78 is 0. The molecule has 1 aromatic carbocycles. The summed E-state index contributed by atoms with van der Waals surface area (Å²) in [6, 6.07) is 5.29. The number of aliphatic carboxylic acids is 2. The number of nitrogens with one attached hydrogen (secondary N) is 1. The van der Waals surface area contributed by atoms with Gasteiger partial charge in [0, 0.05) is 37.0 Å². The topological polar surface area (TPSA) is 198 Å². The number of carboxylic acids is 2. The first-order valence-electron chi connectivity index (χ1n) is 11.0. The summed E-state index contributed by atoms with van der Waals surface area (Å²) >= 11 is 0. The van der Waals surface area contributed by atoms with Crippen LogP contribution in [0.3, 0.4) is 0 Å². The second kappa shape index (κ2) is 11.1. The van der Waals surface area contributed by atoms with E-state index < -0.39 is 23.9 Å². The summed E-state index contributed by atoms with van der Waals surface area (Å²) in [5, 5.41) is 21.0. The molecular weight excluding hydrogens is 466 g/mol. The van der Waals surface area contributed by atoms with Crippen LogP contribution in [-0.2, 0) is 16.1 Å². The summed E-state index contributed by atoms with van der Waals surface area (Å²) in [6.07, 6.45) is 2.84. The lowest BCUT2D eigenvalue weighted by atomic mass is 10.1. The van der Waals surface area contributed by atoms with Crippen LogP contribution in [0.4, 0.5) is 17.5 Å². The van der Waals surface area contributed by atoms with E-state index in [2.05, 4.69) is 26.8 Å². The van der Waals surface area contributed by atoms with Gasteiger partial charge in [0.25, 0.3) is 5.91 Å². The van der Waals surface area contributed by atoms with Gasteiger partial charge >= 0.3 is 11.9 Å². The van der Waals surface area contributed by atoms with Crippen molar-refractivity contribution in [1.29, 1.82) is 0 Å². The number of benzene rings is 1. The first-order valence-corrected chi connectivity index (χ1v) is 11.0.